The Morgan fingerprint density at radius 1 is 1.09 bits per heavy atom. The van der Waals surface area contributed by atoms with Gasteiger partial charge in [0.15, 0.2) is 5.78 Å². The molecule has 0 aliphatic heterocycles. The van der Waals surface area contributed by atoms with Crippen molar-refractivity contribution in [1.82, 2.24) is 0 Å². The van der Waals surface area contributed by atoms with Crippen LogP contribution in [0.5, 0.6) is 0 Å². The Morgan fingerprint density at radius 2 is 1.86 bits per heavy atom. The molecule has 0 unspecified atom stereocenters. The maximum atomic E-state index is 11.8. The van der Waals surface area contributed by atoms with Crippen molar-refractivity contribution in [2.45, 2.75) is 59.3 Å². The molecule has 0 aromatic rings. The number of rotatable bonds is 0. The molecular weight excluding hydrogens is 272 g/mol. The van der Waals surface area contributed by atoms with E-state index in [2.05, 4.69) is 20.8 Å². The zero-order chi connectivity index (χ0) is 15.7. The zero-order valence-electron chi connectivity index (χ0n) is 14.1. The summed E-state index contributed by atoms with van der Waals surface area (Å²) in [7, 11) is 0. The number of ketones is 1. The van der Waals surface area contributed by atoms with Crippen molar-refractivity contribution in [2.75, 3.05) is 0 Å². The molecule has 120 valence electrons. The van der Waals surface area contributed by atoms with Crippen LogP contribution in [0.25, 0.3) is 0 Å². The van der Waals surface area contributed by atoms with E-state index in [1.54, 1.807) is 6.08 Å². The average molecular weight is 300 g/mol. The van der Waals surface area contributed by atoms with Gasteiger partial charge in [0.2, 0.25) is 0 Å². The molecule has 1 N–H and O–H groups in total. The van der Waals surface area contributed by atoms with Crippen molar-refractivity contribution in [3.05, 3.63) is 23.5 Å². The molecule has 0 amide bonds. The smallest absolute Gasteiger partial charge is 0.181 e. The minimum absolute atomic E-state index is 0.0291. The van der Waals surface area contributed by atoms with Crippen molar-refractivity contribution in [1.29, 1.82) is 0 Å². The lowest BCUT2D eigenvalue weighted by molar-refractivity contribution is -0.111. The molecule has 0 aromatic heterocycles. The predicted molar refractivity (Wildman–Crippen MR) is 87.4 cm³/mol. The number of allylic oxidation sites excluding steroid dienone is 3. The molecule has 0 radical (unpaired) electrons. The average Bonchev–Trinajstić information content (AvgIpc) is 2.77. The monoisotopic (exact) mass is 300 g/mol. The largest absolute Gasteiger partial charge is 0.511 e. The second-order valence-electron chi connectivity index (χ2n) is 8.74. The van der Waals surface area contributed by atoms with E-state index >= 15 is 0 Å². The summed E-state index contributed by atoms with van der Waals surface area (Å²) in [5.41, 5.74) is 1.42. The Kier molecular flexibility index (Phi) is 2.97. The molecule has 0 bridgehead atoms. The van der Waals surface area contributed by atoms with Gasteiger partial charge >= 0.3 is 0 Å². The van der Waals surface area contributed by atoms with Gasteiger partial charge in [0.05, 0.1) is 0 Å². The highest BCUT2D eigenvalue weighted by Gasteiger charge is 2.59. The lowest BCUT2D eigenvalue weighted by Crippen LogP contribution is -2.50. The summed E-state index contributed by atoms with van der Waals surface area (Å²) in [6.07, 6.45) is 10.7. The van der Waals surface area contributed by atoms with Crippen LogP contribution in [0.2, 0.25) is 0 Å². The standard InChI is InChI=1S/C20H28O2/c1-12-4-7-16-15-6-5-13-10-14(21)11-18(22)20(13,3)17(15)8-9-19(12,16)2/h10-12,15-17,22H,4-9H2,1-3H3/t12-,15+,16+,17+,19-,20+/m1/s1. The number of aliphatic hydroxyl groups excluding tert-OH is 1. The molecule has 4 aliphatic carbocycles. The minimum Gasteiger partial charge on any atom is -0.511 e. The summed E-state index contributed by atoms with van der Waals surface area (Å²) in [4.78, 5) is 11.8. The molecule has 6 atom stereocenters. The van der Waals surface area contributed by atoms with E-state index in [-0.39, 0.29) is 11.2 Å². The minimum atomic E-state index is -0.274. The van der Waals surface area contributed by atoms with Gasteiger partial charge < -0.3 is 5.11 Å². The van der Waals surface area contributed by atoms with Gasteiger partial charge in [-0.1, -0.05) is 19.4 Å². The molecule has 3 fully saturated rings. The SMILES string of the molecule is C[C@@H]1CC[C@H]2[C@@H]3CCC4=CC(=O)C=C(O)[C@]4(C)[C@H]3CC[C@]12C. The molecule has 2 nitrogen and oxygen atoms in total. The van der Waals surface area contributed by atoms with Crippen molar-refractivity contribution in [3.8, 4) is 0 Å². The maximum absolute atomic E-state index is 11.8. The Morgan fingerprint density at radius 3 is 2.64 bits per heavy atom. The first-order valence-electron chi connectivity index (χ1n) is 9.03. The fourth-order valence-electron chi connectivity index (χ4n) is 6.56. The lowest BCUT2D eigenvalue weighted by atomic mass is 9.47. The van der Waals surface area contributed by atoms with Crippen LogP contribution in [0.4, 0.5) is 0 Å². The normalized spacial score (nSPS) is 50.6. The van der Waals surface area contributed by atoms with E-state index in [9.17, 15) is 9.90 Å². The van der Waals surface area contributed by atoms with Crippen LogP contribution in [0.1, 0.15) is 59.3 Å². The number of aliphatic hydroxyl groups is 1. The summed E-state index contributed by atoms with van der Waals surface area (Å²) in [6.45, 7) is 7.14. The third-order valence-corrected chi connectivity index (χ3v) is 8.19. The summed E-state index contributed by atoms with van der Waals surface area (Å²) in [5.74, 6) is 3.18. The van der Waals surface area contributed by atoms with Gasteiger partial charge in [-0.3, -0.25) is 4.79 Å². The topological polar surface area (TPSA) is 37.3 Å². The van der Waals surface area contributed by atoms with Crippen molar-refractivity contribution in [2.24, 2.45) is 34.5 Å². The van der Waals surface area contributed by atoms with Crippen molar-refractivity contribution >= 4 is 5.78 Å². The van der Waals surface area contributed by atoms with Gasteiger partial charge in [-0.2, -0.15) is 0 Å². The number of carbonyl (C=O) groups excluding carboxylic acids is 1. The highest BCUT2D eigenvalue weighted by atomic mass is 16.3. The summed E-state index contributed by atoms with van der Waals surface area (Å²) in [6, 6.07) is 0. The van der Waals surface area contributed by atoms with E-state index in [0.717, 1.165) is 24.2 Å². The van der Waals surface area contributed by atoms with Gasteiger partial charge in [-0.25, -0.2) is 0 Å². The van der Waals surface area contributed by atoms with E-state index in [4.69, 9.17) is 0 Å². The predicted octanol–water partition coefficient (Wildman–Crippen LogP) is 4.82. The van der Waals surface area contributed by atoms with Crippen LogP contribution in [-0.4, -0.2) is 10.9 Å². The third-order valence-electron chi connectivity index (χ3n) is 8.19. The van der Waals surface area contributed by atoms with E-state index in [1.807, 2.05) is 0 Å². The van der Waals surface area contributed by atoms with Crippen LogP contribution in [0, 0.1) is 34.5 Å². The number of fused-ring (bicyclic) bond motifs is 5. The Bertz CT molecular complexity index is 587. The Balaban J connectivity index is 1.74. The number of carbonyl (C=O) groups is 1. The molecule has 4 aliphatic rings. The molecular formula is C20H28O2. The van der Waals surface area contributed by atoms with Crippen LogP contribution >= 0.6 is 0 Å². The quantitative estimate of drug-likeness (QED) is 0.696. The lowest BCUT2D eigenvalue weighted by Gasteiger charge is -2.57. The molecule has 22 heavy (non-hydrogen) atoms. The van der Waals surface area contributed by atoms with Gasteiger partial charge in [-0.15, -0.1) is 0 Å². The van der Waals surface area contributed by atoms with E-state index in [0.29, 0.717) is 17.1 Å². The van der Waals surface area contributed by atoms with E-state index < -0.39 is 0 Å². The Hall–Kier alpha value is -1.05. The number of hydrogen-bond acceptors (Lipinski definition) is 2. The summed E-state index contributed by atoms with van der Waals surface area (Å²) in [5, 5.41) is 10.6. The molecule has 0 aromatic carbocycles. The van der Waals surface area contributed by atoms with Crippen molar-refractivity contribution in [3.63, 3.8) is 0 Å². The summed E-state index contributed by atoms with van der Waals surface area (Å²) >= 11 is 0. The fraction of sp³-hybridized carbons (Fsp3) is 0.750. The van der Waals surface area contributed by atoms with Gasteiger partial charge in [0, 0.05) is 11.5 Å². The van der Waals surface area contributed by atoms with Crippen LogP contribution < -0.4 is 0 Å². The molecule has 3 saturated carbocycles. The van der Waals surface area contributed by atoms with Crippen molar-refractivity contribution < 1.29 is 9.90 Å². The van der Waals surface area contributed by atoms with Gasteiger partial charge in [-0.05, 0) is 80.6 Å². The molecule has 0 heterocycles. The number of hydrogen-bond donors (Lipinski definition) is 1. The highest BCUT2D eigenvalue weighted by Crippen LogP contribution is 2.66. The maximum Gasteiger partial charge on any atom is 0.181 e. The first-order valence-corrected chi connectivity index (χ1v) is 9.03. The fourth-order valence-corrected chi connectivity index (χ4v) is 6.56. The first-order chi connectivity index (χ1) is 10.4. The first kappa shape index (κ1) is 14.5. The van der Waals surface area contributed by atoms with E-state index in [1.165, 1.54) is 43.8 Å². The highest BCUT2D eigenvalue weighted by molar-refractivity contribution is 6.01. The van der Waals surface area contributed by atoms with Gasteiger partial charge in [0.25, 0.3) is 0 Å². The van der Waals surface area contributed by atoms with Crippen LogP contribution in [-0.2, 0) is 4.79 Å². The molecule has 0 saturated heterocycles. The molecule has 2 heteroatoms. The molecule has 4 rings (SSSR count). The second kappa shape index (κ2) is 4.49. The van der Waals surface area contributed by atoms with Crippen LogP contribution in [0.3, 0.4) is 0 Å². The van der Waals surface area contributed by atoms with Gasteiger partial charge in [0.1, 0.15) is 5.76 Å². The zero-order valence-corrected chi connectivity index (χ0v) is 14.1. The summed E-state index contributed by atoms with van der Waals surface area (Å²) < 4.78 is 0. The Labute approximate surface area is 133 Å². The molecule has 0 spiro atoms. The second-order valence-corrected chi connectivity index (χ2v) is 8.74. The third kappa shape index (κ3) is 1.64. The van der Waals surface area contributed by atoms with Crippen LogP contribution in [0.15, 0.2) is 23.5 Å².